The number of aliphatic hydroxyl groups is 5. The van der Waals surface area contributed by atoms with Crippen LogP contribution in [0.25, 0.3) is 0 Å². The minimum absolute atomic E-state index is 0.0500. The molecule has 2 amide bonds. The Morgan fingerprint density at radius 1 is 1.04 bits per heavy atom. The van der Waals surface area contributed by atoms with Crippen molar-refractivity contribution < 1.29 is 63.2 Å². The lowest BCUT2D eigenvalue weighted by atomic mass is 9.72. The normalized spacial score (nSPS) is 42.0. The largest absolute Gasteiger partial charge is 0.444 e. The van der Waals surface area contributed by atoms with Crippen molar-refractivity contribution in [3.05, 3.63) is 0 Å². The highest BCUT2D eigenvalue weighted by atomic mass is 19.1. The number of alkyl halides is 1. The molecule has 2 heterocycles. The topological polar surface area (TPSA) is 205 Å². The monoisotopic (exact) mass is 680 g/mol. The van der Waals surface area contributed by atoms with Crippen LogP contribution in [0.15, 0.2) is 0 Å². The van der Waals surface area contributed by atoms with E-state index >= 15 is 4.39 Å². The van der Waals surface area contributed by atoms with Gasteiger partial charge in [0.05, 0.1) is 42.6 Å². The lowest BCUT2D eigenvalue weighted by molar-refractivity contribution is -0.326. The first-order valence-electron chi connectivity index (χ1n) is 16.8. The second-order valence-electron chi connectivity index (χ2n) is 14.6. The minimum atomic E-state index is -1.99. The zero-order valence-corrected chi connectivity index (χ0v) is 28.8. The molecule has 1 aliphatic carbocycles. The summed E-state index contributed by atoms with van der Waals surface area (Å²) >= 11 is 0. The van der Waals surface area contributed by atoms with Gasteiger partial charge in [-0.1, -0.05) is 34.1 Å². The number of hydrogen-bond donors (Lipinski definition) is 7. The Morgan fingerprint density at radius 3 is 2.26 bits per heavy atom. The van der Waals surface area contributed by atoms with Crippen LogP contribution in [0.2, 0.25) is 0 Å². The van der Waals surface area contributed by atoms with E-state index in [2.05, 4.69) is 10.6 Å². The summed E-state index contributed by atoms with van der Waals surface area (Å²) in [5.41, 5.74) is -2.24. The summed E-state index contributed by atoms with van der Waals surface area (Å²) in [5.74, 6) is -2.11. The molecule has 0 aromatic rings. The van der Waals surface area contributed by atoms with Gasteiger partial charge in [-0.05, 0) is 52.9 Å². The molecule has 2 saturated heterocycles. The highest BCUT2D eigenvalue weighted by Gasteiger charge is 2.56. The van der Waals surface area contributed by atoms with Gasteiger partial charge in [0, 0.05) is 12.3 Å². The molecule has 0 aromatic carbocycles. The third kappa shape index (κ3) is 9.73. The molecule has 3 aliphatic rings. The fraction of sp³-hybridized carbons (Fsp3) is 0.938. The Labute approximate surface area is 276 Å². The van der Waals surface area contributed by atoms with Gasteiger partial charge in [0.2, 0.25) is 5.91 Å². The van der Waals surface area contributed by atoms with Gasteiger partial charge in [0.15, 0.2) is 18.8 Å². The lowest BCUT2D eigenvalue weighted by Gasteiger charge is -2.52. The number of carbonyl (C=O) groups excluding carboxylic acids is 2. The van der Waals surface area contributed by atoms with E-state index in [-0.39, 0.29) is 19.3 Å². The molecule has 274 valence electrons. The number of halogens is 1. The van der Waals surface area contributed by atoms with Gasteiger partial charge in [-0.3, -0.25) is 4.79 Å². The molecule has 3 fully saturated rings. The summed E-state index contributed by atoms with van der Waals surface area (Å²) in [7, 11) is 0. The Kier molecular flexibility index (Phi) is 13.8. The highest BCUT2D eigenvalue weighted by Crippen LogP contribution is 2.41. The molecular formula is C32H57FN2O12. The second-order valence-corrected chi connectivity index (χ2v) is 14.6. The smallest absolute Gasteiger partial charge is 0.408 e. The van der Waals surface area contributed by atoms with Crippen molar-refractivity contribution in [2.24, 2.45) is 11.8 Å². The van der Waals surface area contributed by atoms with E-state index in [1.54, 1.807) is 34.6 Å². The fourth-order valence-electron chi connectivity index (χ4n) is 6.71. The first kappa shape index (κ1) is 39.7. The molecule has 15 unspecified atom stereocenters. The molecule has 0 bridgehead atoms. The Hall–Kier alpha value is -1.69. The van der Waals surface area contributed by atoms with E-state index in [0.29, 0.717) is 12.8 Å². The number of carbonyl (C=O) groups is 2. The van der Waals surface area contributed by atoms with Crippen molar-refractivity contribution in [1.82, 2.24) is 10.6 Å². The number of rotatable bonds is 11. The predicted octanol–water partition coefficient (Wildman–Crippen LogP) is 1.02. The first-order chi connectivity index (χ1) is 21.8. The molecule has 0 spiro atoms. The van der Waals surface area contributed by atoms with Crippen LogP contribution in [0.1, 0.15) is 87.5 Å². The lowest BCUT2D eigenvalue weighted by Crippen LogP contribution is -2.69. The van der Waals surface area contributed by atoms with Crippen molar-refractivity contribution in [1.29, 1.82) is 0 Å². The van der Waals surface area contributed by atoms with Crippen molar-refractivity contribution in [2.75, 3.05) is 6.61 Å². The fourth-order valence-corrected chi connectivity index (χ4v) is 6.71. The molecule has 7 N–H and O–H groups in total. The van der Waals surface area contributed by atoms with Gasteiger partial charge in [0.25, 0.3) is 0 Å². The number of aliphatic hydroxyl groups excluding tert-OH is 5. The molecule has 0 aromatic heterocycles. The van der Waals surface area contributed by atoms with Gasteiger partial charge >= 0.3 is 6.09 Å². The number of nitrogens with one attached hydrogen (secondary N) is 2. The van der Waals surface area contributed by atoms with Crippen molar-refractivity contribution in [3.63, 3.8) is 0 Å². The van der Waals surface area contributed by atoms with Gasteiger partial charge in [-0.15, -0.1) is 0 Å². The Balaban J connectivity index is 1.93. The minimum Gasteiger partial charge on any atom is -0.444 e. The summed E-state index contributed by atoms with van der Waals surface area (Å²) in [6, 6.07) is -0.908. The number of amides is 2. The highest BCUT2D eigenvalue weighted by molar-refractivity contribution is 5.81. The molecule has 15 atom stereocenters. The molecule has 3 rings (SSSR count). The molecule has 15 heteroatoms. The van der Waals surface area contributed by atoms with Crippen LogP contribution in [-0.4, -0.2) is 129 Å². The van der Waals surface area contributed by atoms with Gasteiger partial charge in [-0.25, -0.2) is 9.18 Å². The van der Waals surface area contributed by atoms with Crippen LogP contribution < -0.4 is 10.6 Å². The third-order valence-corrected chi connectivity index (χ3v) is 9.28. The Morgan fingerprint density at radius 2 is 1.68 bits per heavy atom. The maximum absolute atomic E-state index is 17.0. The van der Waals surface area contributed by atoms with Crippen LogP contribution in [0.3, 0.4) is 0 Å². The van der Waals surface area contributed by atoms with Crippen molar-refractivity contribution >= 4 is 12.0 Å². The number of alkyl carbamates (subject to hydrolysis) is 1. The summed E-state index contributed by atoms with van der Waals surface area (Å²) < 4.78 is 46.5. The van der Waals surface area contributed by atoms with Gasteiger partial charge in [0.1, 0.15) is 30.0 Å². The molecule has 1 saturated carbocycles. The van der Waals surface area contributed by atoms with E-state index in [1.807, 2.05) is 13.8 Å². The number of ether oxygens (including phenoxy) is 5. The van der Waals surface area contributed by atoms with Crippen LogP contribution in [0.4, 0.5) is 9.18 Å². The zero-order chi connectivity index (χ0) is 35.4. The number of hydrogen-bond acceptors (Lipinski definition) is 12. The van der Waals surface area contributed by atoms with Crippen LogP contribution in [-0.2, 0) is 28.5 Å². The quantitative estimate of drug-likeness (QED) is 0.163. The molecule has 14 nitrogen and oxygen atoms in total. The average molecular weight is 681 g/mol. The van der Waals surface area contributed by atoms with E-state index in [9.17, 15) is 35.1 Å². The zero-order valence-electron chi connectivity index (χ0n) is 28.8. The third-order valence-electron chi connectivity index (χ3n) is 9.28. The second kappa shape index (κ2) is 16.3. The maximum Gasteiger partial charge on any atom is 0.408 e. The van der Waals surface area contributed by atoms with Crippen LogP contribution in [0.5, 0.6) is 0 Å². The van der Waals surface area contributed by atoms with Crippen molar-refractivity contribution in [3.8, 4) is 0 Å². The maximum atomic E-state index is 17.0. The SMILES string of the molecule is CCCC(O)C(=O)NC1(C)CC(C)C(OC2OC(CC)C(O)CC2NC(=O)OC(C)(C)C)C(F)C1OC1OC(CO)C(O)C(C)C1O. The summed E-state index contributed by atoms with van der Waals surface area (Å²) in [6.07, 6.45) is -13.6. The average Bonchev–Trinajstić information content (AvgIpc) is 2.97. The standard InChI is InChI=1S/C32H57FN2O12/c1-9-11-18(37)27(41)35-32(8)13-15(3)25(22(33)26(32)46-29-24(40)16(4)23(39)21(14-36)44-29)45-28-17(12-19(38)20(10-2)43-28)34-30(42)47-31(5,6)7/h15-26,28-29,36-40H,9-14H2,1-8H3,(H,34,42)(H,35,41). The summed E-state index contributed by atoms with van der Waals surface area (Å²) in [5, 5.41) is 57.7. The Bertz CT molecular complexity index is 1030. The van der Waals surface area contributed by atoms with Crippen molar-refractivity contribution in [2.45, 2.75) is 172 Å². The molecule has 0 radical (unpaired) electrons. The predicted molar refractivity (Wildman–Crippen MR) is 166 cm³/mol. The van der Waals surface area contributed by atoms with E-state index < -0.39 is 115 Å². The molecule has 2 aliphatic heterocycles. The van der Waals surface area contributed by atoms with E-state index in [0.717, 1.165) is 0 Å². The van der Waals surface area contributed by atoms with E-state index in [1.165, 1.54) is 6.92 Å². The molecule has 47 heavy (non-hydrogen) atoms. The summed E-state index contributed by atoms with van der Waals surface area (Å²) in [6.45, 7) is 13.0. The van der Waals surface area contributed by atoms with Crippen LogP contribution >= 0.6 is 0 Å². The van der Waals surface area contributed by atoms with Crippen LogP contribution in [0, 0.1) is 11.8 Å². The summed E-state index contributed by atoms with van der Waals surface area (Å²) in [4.78, 5) is 25.7. The van der Waals surface area contributed by atoms with Gasteiger partial charge in [-0.2, -0.15) is 0 Å². The first-order valence-corrected chi connectivity index (χ1v) is 16.8. The molecular weight excluding hydrogens is 623 g/mol. The van der Waals surface area contributed by atoms with Gasteiger partial charge < -0.3 is 59.9 Å². The van der Waals surface area contributed by atoms with E-state index in [4.69, 9.17) is 23.7 Å².